The van der Waals surface area contributed by atoms with Crippen molar-refractivity contribution >= 4 is 28.5 Å². The lowest BCUT2D eigenvalue weighted by atomic mass is 9.99. The second-order valence-corrected chi connectivity index (χ2v) is 9.22. The fourth-order valence-corrected chi connectivity index (χ4v) is 5.13. The molecule has 1 atom stereocenters. The first-order chi connectivity index (χ1) is 16.7. The number of benzene rings is 1. The third-order valence-electron chi connectivity index (χ3n) is 6.50. The molecule has 172 valence electrons. The predicted octanol–water partition coefficient (Wildman–Crippen LogP) is 3.60. The van der Waals surface area contributed by atoms with E-state index < -0.39 is 6.10 Å². The van der Waals surface area contributed by atoms with E-state index in [0.717, 1.165) is 64.2 Å². The van der Waals surface area contributed by atoms with Gasteiger partial charge in [0.1, 0.15) is 11.4 Å². The van der Waals surface area contributed by atoms with Crippen LogP contribution in [0.15, 0.2) is 55.0 Å². The number of carbonyl (C=O) groups is 1. The quantitative estimate of drug-likeness (QED) is 0.473. The van der Waals surface area contributed by atoms with E-state index in [0.29, 0.717) is 24.5 Å². The van der Waals surface area contributed by atoms with E-state index >= 15 is 0 Å². The summed E-state index contributed by atoms with van der Waals surface area (Å²) in [6.45, 7) is 3.03. The summed E-state index contributed by atoms with van der Waals surface area (Å²) in [7, 11) is 0. The van der Waals surface area contributed by atoms with Crippen LogP contribution in [0, 0.1) is 0 Å². The predicted molar refractivity (Wildman–Crippen MR) is 131 cm³/mol. The minimum Gasteiger partial charge on any atom is -0.479 e. The van der Waals surface area contributed by atoms with Crippen molar-refractivity contribution in [3.8, 4) is 16.9 Å². The van der Waals surface area contributed by atoms with E-state index in [1.165, 1.54) is 0 Å². The number of halogens is 1. The van der Waals surface area contributed by atoms with Crippen molar-refractivity contribution in [2.24, 2.45) is 0 Å². The van der Waals surface area contributed by atoms with Crippen molar-refractivity contribution in [2.75, 3.05) is 26.2 Å². The number of fused-ring (bicyclic) bond motifs is 2. The Morgan fingerprint density at radius 3 is 2.85 bits per heavy atom. The Hall–Kier alpha value is -3.42. The summed E-state index contributed by atoms with van der Waals surface area (Å²) >= 11 is 6.53. The Morgan fingerprint density at radius 2 is 2.03 bits per heavy atom. The zero-order chi connectivity index (χ0) is 23.1. The normalized spacial score (nSPS) is 17.6. The minimum atomic E-state index is -0.519. The lowest BCUT2D eigenvalue weighted by molar-refractivity contribution is -0.138. The van der Waals surface area contributed by atoms with Gasteiger partial charge < -0.3 is 19.9 Å². The highest BCUT2D eigenvalue weighted by atomic mass is 35.5. The molecule has 0 aliphatic carbocycles. The summed E-state index contributed by atoms with van der Waals surface area (Å²) in [6.07, 6.45) is 6.17. The number of H-pyrrole nitrogens is 1. The number of piperazine rings is 1. The van der Waals surface area contributed by atoms with Gasteiger partial charge in [0.05, 0.1) is 0 Å². The standard InChI is InChI=1S/C26H24ClN5O2/c27-18-11-17-12-23(26(33)32-8-6-28-7-9-32)34-24(17)21(13-18)20-3-5-30-25-22(20)14-19(31-25)10-16-2-1-4-29-15-16/h1-5,11,13-15,23,28H,6-10,12H2,(H,30,31)/t23-/m1/s1. The van der Waals surface area contributed by atoms with Crippen LogP contribution in [0.4, 0.5) is 0 Å². The lowest BCUT2D eigenvalue weighted by Crippen LogP contribution is -2.50. The lowest BCUT2D eigenvalue weighted by Gasteiger charge is -2.29. The van der Waals surface area contributed by atoms with E-state index in [2.05, 4.69) is 32.4 Å². The maximum atomic E-state index is 13.1. The molecule has 2 aliphatic heterocycles. The smallest absolute Gasteiger partial charge is 0.264 e. The van der Waals surface area contributed by atoms with Gasteiger partial charge in [-0.1, -0.05) is 17.7 Å². The first kappa shape index (κ1) is 21.1. The van der Waals surface area contributed by atoms with Gasteiger partial charge in [-0.25, -0.2) is 4.98 Å². The topological polar surface area (TPSA) is 83.1 Å². The Morgan fingerprint density at radius 1 is 1.15 bits per heavy atom. The van der Waals surface area contributed by atoms with Crippen LogP contribution in [-0.4, -0.2) is 58.0 Å². The number of carbonyl (C=O) groups excluding carboxylic acids is 1. The number of aromatic nitrogens is 3. The number of rotatable bonds is 4. The van der Waals surface area contributed by atoms with Crippen LogP contribution in [0.25, 0.3) is 22.2 Å². The van der Waals surface area contributed by atoms with Crippen LogP contribution in [0.5, 0.6) is 5.75 Å². The number of hydrogen-bond acceptors (Lipinski definition) is 5. The average molecular weight is 474 g/mol. The van der Waals surface area contributed by atoms with Gasteiger partial charge in [0, 0.05) is 84.8 Å². The van der Waals surface area contributed by atoms with E-state index in [1.807, 2.05) is 35.4 Å². The maximum Gasteiger partial charge on any atom is 0.264 e. The summed E-state index contributed by atoms with van der Waals surface area (Å²) < 4.78 is 6.30. The molecule has 0 saturated carbocycles. The van der Waals surface area contributed by atoms with E-state index in [4.69, 9.17) is 16.3 Å². The molecular weight excluding hydrogens is 450 g/mol. The molecule has 4 aromatic rings. The molecule has 5 heterocycles. The molecule has 2 aliphatic rings. The van der Waals surface area contributed by atoms with Crippen molar-refractivity contribution in [1.29, 1.82) is 0 Å². The number of pyridine rings is 2. The van der Waals surface area contributed by atoms with Crippen molar-refractivity contribution < 1.29 is 9.53 Å². The van der Waals surface area contributed by atoms with Crippen molar-refractivity contribution in [1.82, 2.24) is 25.2 Å². The summed E-state index contributed by atoms with van der Waals surface area (Å²) in [4.78, 5) is 27.2. The third-order valence-corrected chi connectivity index (χ3v) is 6.71. The summed E-state index contributed by atoms with van der Waals surface area (Å²) in [6, 6.07) is 11.9. The first-order valence-corrected chi connectivity index (χ1v) is 11.9. The van der Waals surface area contributed by atoms with Crippen LogP contribution >= 0.6 is 11.6 Å². The van der Waals surface area contributed by atoms with Crippen molar-refractivity contribution in [3.63, 3.8) is 0 Å². The Kier molecular flexibility index (Phi) is 5.43. The molecule has 0 radical (unpaired) electrons. The summed E-state index contributed by atoms with van der Waals surface area (Å²) in [5.74, 6) is 0.778. The Labute approximate surface area is 202 Å². The highest BCUT2D eigenvalue weighted by molar-refractivity contribution is 6.31. The van der Waals surface area contributed by atoms with Gasteiger partial charge in [-0.3, -0.25) is 9.78 Å². The molecule has 2 N–H and O–H groups in total. The van der Waals surface area contributed by atoms with Gasteiger partial charge in [-0.05, 0) is 41.5 Å². The van der Waals surface area contributed by atoms with Gasteiger partial charge in [-0.2, -0.15) is 0 Å². The highest BCUT2D eigenvalue weighted by Gasteiger charge is 2.35. The third kappa shape index (κ3) is 3.91. The minimum absolute atomic E-state index is 0.0417. The summed E-state index contributed by atoms with van der Waals surface area (Å²) in [5, 5.41) is 4.91. The van der Waals surface area contributed by atoms with Crippen LogP contribution < -0.4 is 10.1 Å². The molecular formula is C26H24ClN5O2. The molecule has 1 amide bonds. The number of hydrogen-bond donors (Lipinski definition) is 2. The summed E-state index contributed by atoms with van der Waals surface area (Å²) in [5.41, 5.74) is 5.81. The van der Waals surface area contributed by atoms with Gasteiger partial charge >= 0.3 is 0 Å². The number of ether oxygens (including phenoxy) is 1. The number of nitrogens with one attached hydrogen (secondary N) is 2. The van der Waals surface area contributed by atoms with Crippen molar-refractivity contribution in [3.05, 3.63) is 76.8 Å². The van der Waals surface area contributed by atoms with Crippen LogP contribution in [0.1, 0.15) is 16.8 Å². The number of aromatic amines is 1. The zero-order valence-electron chi connectivity index (χ0n) is 18.6. The van der Waals surface area contributed by atoms with Gasteiger partial charge in [0.15, 0.2) is 6.10 Å². The Bertz CT molecular complexity index is 1360. The molecule has 0 bridgehead atoms. The van der Waals surface area contributed by atoms with Crippen LogP contribution in [-0.2, 0) is 17.6 Å². The molecule has 34 heavy (non-hydrogen) atoms. The van der Waals surface area contributed by atoms with Gasteiger partial charge in [0.25, 0.3) is 5.91 Å². The second kappa shape index (κ2) is 8.74. The van der Waals surface area contributed by atoms with E-state index in [-0.39, 0.29) is 5.91 Å². The molecule has 7 nitrogen and oxygen atoms in total. The monoisotopic (exact) mass is 473 g/mol. The maximum absolute atomic E-state index is 13.1. The fourth-order valence-electron chi connectivity index (χ4n) is 4.89. The molecule has 3 aromatic heterocycles. The molecule has 1 saturated heterocycles. The van der Waals surface area contributed by atoms with Gasteiger partial charge in [-0.15, -0.1) is 0 Å². The molecule has 1 aromatic carbocycles. The number of amides is 1. The molecule has 0 unspecified atom stereocenters. The average Bonchev–Trinajstić information content (AvgIpc) is 3.48. The molecule has 8 heteroatoms. The van der Waals surface area contributed by atoms with Crippen molar-refractivity contribution in [2.45, 2.75) is 18.9 Å². The highest BCUT2D eigenvalue weighted by Crippen LogP contribution is 2.43. The van der Waals surface area contributed by atoms with E-state index in [1.54, 1.807) is 12.4 Å². The number of nitrogens with zero attached hydrogens (tertiary/aromatic N) is 3. The first-order valence-electron chi connectivity index (χ1n) is 11.5. The fraction of sp³-hybridized carbons (Fsp3) is 0.269. The Balaban J connectivity index is 1.35. The van der Waals surface area contributed by atoms with E-state index in [9.17, 15) is 4.79 Å². The van der Waals surface area contributed by atoms with Crippen LogP contribution in [0.3, 0.4) is 0 Å². The van der Waals surface area contributed by atoms with Gasteiger partial charge in [0.2, 0.25) is 0 Å². The largest absolute Gasteiger partial charge is 0.479 e. The van der Waals surface area contributed by atoms with Crippen LogP contribution in [0.2, 0.25) is 5.02 Å². The second-order valence-electron chi connectivity index (χ2n) is 8.78. The molecule has 6 rings (SSSR count). The zero-order valence-corrected chi connectivity index (χ0v) is 19.3. The molecule has 0 spiro atoms. The SMILES string of the molecule is O=C([C@H]1Cc2cc(Cl)cc(-c3ccnc4[nH]c(Cc5cccnc5)cc34)c2O1)N1CCNCC1. The molecule has 1 fully saturated rings.